The highest BCUT2D eigenvalue weighted by molar-refractivity contribution is 9.11. The van der Waals surface area contributed by atoms with Gasteiger partial charge in [0.2, 0.25) is 5.91 Å². The highest BCUT2D eigenvalue weighted by Gasteiger charge is 2.26. The SMILES string of the molecule is COc1ccc2[nH]cc(C3CCN(C(=O)CNC(=O)c4ccc(Br)s4)CC3)c2c1. The van der Waals surface area contributed by atoms with Crippen LogP contribution < -0.4 is 10.1 Å². The van der Waals surface area contributed by atoms with Crippen LogP contribution in [-0.2, 0) is 4.79 Å². The molecule has 2 aromatic heterocycles. The summed E-state index contributed by atoms with van der Waals surface area (Å²) in [5, 5.41) is 3.91. The number of H-pyrrole nitrogens is 1. The van der Waals surface area contributed by atoms with Gasteiger partial charge in [-0.15, -0.1) is 11.3 Å². The third-order valence-corrected chi connectivity index (χ3v) is 7.03. The largest absolute Gasteiger partial charge is 0.497 e. The van der Waals surface area contributed by atoms with E-state index in [1.54, 1.807) is 13.2 Å². The third kappa shape index (κ3) is 4.33. The number of halogens is 1. The number of aromatic amines is 1. The van der Waals surface area contributed by atoms with E-state index in [1.807, 2.05) is 23.1 Å². The van der Waals surface area contributed by atoms with Crippen molar-refractivity contribution in [1.29, 1.82) is 0 Å². The summed E-state index contributed by atoms with van der Waals surface area (Å²) in [6.45, 7) is 1.42. The second-order valence-corrected chi connectivity index (χ2v) is 9.56. The van der Waals surface area contributed by atoms with Crippen LogP contribution in [0, 0.1) is 0 Å². The lowest BCUT2D eigenvalue weighted by Gasteiger charge is -2.32. The van der Waals surface area contributed by atoms with Crippen LogP contribution in [0.15, 0.2) is 40.3 Å². The molecule has 3 aromatic rings. The number of piperidine rings is 1. The summed E-state index contributed by atoms with van der Waals surface area (Å²) in [6, 6.07) is 9.62. The Balaban J connectivity index is 1.33. The van der Waals surface area contributed by atoms with Gasteiger partial charge in [0, 0.05) is 30.2 Å². The number of amides is 2. The Morgan fingerprint density at radius 2 is 2.07 bits per heavy atom. The van der Waals surface area contributed by atoms with Crippen LogP contribution in [0.3, 0.4) is 0 Å². The lowest BCUT2D eigenvalue weighted by molar-refractivity contribution is -0.131. The van der Waals surface area contributed by atoms with Gasteiger partial charge in [-0.1, -0.05) is 0 Å². The smallest absolute Gasteiger partial charge is 0.261 e. The number of thiophene rings is 1. The fourth-order valence-corrected chi connectivity index (χ4v) is 5.12. The number of benzene rings is 1. The predicted octanol–water partition coefficient (Wildman–Crippen LogP) is 4.14. The molecule has 0 unspecified atom stereocenters. The molecule has 2 N–H and O–H groups in total. The highest BCUT2D eigenvalue weighted by atomic mass is 79.9. The van der Waals surface area contributed by atoms with Crippen molar-refractivity contribution in [3.63, 3.8) is 0 Å². The van der Waals surface area contributed by atoms with Crippen molar-refractivity contribution in [1.82, 2.24) is 15.2 Å². The molecule has 0 radical (unpaired) electrons. The van der Waals surface area contributed by atoms with Gasteiger partial charge in [0.25, 0.3) is 5.91 Å². The number of likely N-dealkylation sites (tertiary alicyclic amines) is 1. The minimum Gasteiger partial charge on any atom is -0.497 e. The molecule has 29 heavy (non-hydrogen) atoms. The monoisotopic (exact) mass is 475 g/mol. The number of hydrogen-bond donors (Lipinski definition) is 2. The van der Waals surface area contributed by atoms with Gasteiger partial charge in [0.05, 0.1) is 22.3 Å². The molecule has 0 saturated carbocycles. The molecule has 6 nitrogen and oxygen atoms in total. The van der Waals surface area contributed by atoms with E-state index in [1.165, 1.54) is 22.3 Å². The van der Waals surface area contributed by atoms with Crippen molar-refractivity contribution in [3.05, 3.63) is 50.8 Å². The van der Waals surface area contributed by atoms with E-state index in [2.05, 4.69) is 38.5 Å². The molecule has 0 atom stereocenters. The van der Waals surface area contributed by atoms with Crippen molar-refractivity contribution >= 4 is 50.0 Å². The Morgan fingerprint density at radius 1 is 1.28 bits per heavy atom. The number of hydrogen-bond acceptors (Lipinski definition) is 4. The van der Waals surface area contributed by atoms with Crippen LogP contribution in [0.4, 0.5) is 0 Å². The molecule has 4 rings (SSSR count). The zero-order valence-corrected chi connectivity index (χ0v) is 18.4. The number of aromatic nitrogens is 1. The van der Waals surface area contributed by atoms with Gasteiger partial charge in [0.15, 0.2) is 0 Å². The summed E-state index contributed by atoms with van der Waals surface area (Å²) < 4.78 is 6.25. The first-order chi connectivity index (χ1) is 14.0. The second kappa shape index (κ2) is 8.59. The van der Waals surface area contributed by atoms with Gasteiger partial charge in [-0.2, -0.15) is 0 Å². The average molecular weight is 476 g/mol. The lowest BCUT2D eigenvalue weighted by Crippen LogP contribution is -2.43. The van der Waals surface area contributed by atoms with Gasteiger partial charge in [-0.25, -0.2) is 0 Å². The van der Waals surface area contributed by atoms with Crippen LogP contribution in [0.2, 0.25) is 0 Å². The molecule has 0 spiro atoms. The maximum atomic E-state index is 12.5. The molecule has 1 saturated heterocycles. The molecule has 1 aliphatic rings. The number of ether oxygens (including phenoxy) is 1. The van der Waals surface area contributed by atoms with Crippen molar-refractivity contribution in [3.8, 4) is 5.75 Å². The molecule has 152 valence electrons. The number of nitrogens with zero attached hydrogens (tertiary/aromatic N) is 1. The summed E-state index contributed by atoms with van der Waals surface area (Å²) in [7, 11) is 1.67. The van der Waals surface area contributed by atoms with E-state index in [0.29, 0.717) is 23.9 Å². The first-order valence-electron chi connectivity index (χ1n) is 9.51. The van der Waals surface area contributed by atoms with Crippen LogP contribution in [0.5, 0.6) is 5.75 Å². The normalized spacial score (nSPS) is 14.9. The standard InChI is InChI=1S/C21H22BrN3O3S/c1-28-14-2-3-17-15(10-14)16(11-23-17)13-6-8-25(9-7-13)20(26)12-24-21(27)18-4-5-19(22)29-18/h2-5,10-11,13,23H,6-9,12H2,1H3,(H,24,27). The van der Waals surface area contributed by atoms with Gasteiger partial charge in [0.1, 0.15) is 5.75 Å². The number of carbonyl (C=O) groups is 2. The number of carbonyl (C=O) groups excluding carboxylic acids is 2. The van der Waals surface area contributed by atoms with Crippen LogP contribution >= 0.6 is 27.3 Å². The maximum absolute atomic E-state index is 12.5. The van der Waals surface area contributed by atoms with Gasteiger partial charge >= 0.3 is 0 Å². The Kier molecular flexibility index (Phi) is 5.91. The maximum Gasteiger partial charge on any atom is 0.261 e. The van der Waals surface area contributed by atoms with Crippen LogP contribution in [0.25, 0.3) is 10.9 Å². The zero-order chi connectivity index (χ0) is 20.4. The Bertz CT molecular complexity index is 1040. The number of rotatable bonds is 5. The molecule has 0 bridgehead atoms. The number of nitrogens with one attached hydrogen (secondary N) is 2. The van der Waals surface area contributed by atoms with E-state index in [4.69, 9.17) is 4.74 Å². The highest BCUT2D eigenvalue weighted by Crippen LogP contribution is 2.34. The fraction of sp³-hybridized carbons (Fsp3) is 0.333. The van der Waals surface area contributed by atoms with Gasteiger partial charge in [-0.3, -0.25) is 9.59 Å². The molecular formula is C21H22BrN3O3S. The summed E-state index contributed by atoms with van der Waals surface area (Å²) in [4.78, 5) is 30.4. The van der Waals surface area contributed by atoms with Gasteiger partial charge in [-0.05, 0) is 70.6 Å². The molecule has 1 aromatic carbocycles. The molecule has 3 heterocycles. The Hall–Kier alpha value is -2.32. The molecule has 8 heteroatoms. The van der Waals surface area contributed by atoms with E-state index in [-0.39, 0.29) is 18.4 Å². The minimum atomic E-state index is -0.211. The molecule has 1 fully saturated rings. The molecule has 0 aliphatic carbocycles. The first-order valence-corrected chi connectivity index (χ1v) is 11.1. The third-order valence-electron chi connectivity index (χ3n) is 5.41. The molecule has 2 amide bonds. The predicted molar refractivity (Wildman–Crippen MR) is 118 cm³/mol. The second-order valence-electron chi connectivity index (χ2n) is 7.10. The number of fused-ring (bicyclic) bond motifs is 1. The van der Waals surface area contributed by atoms with Gasteiger partial charge < -0.3 is 19.9 Å². The van der Waals surface area contributed by atoms with E-state index in [0.717, 1.165) is 27.9 Å². The van der Waals surface area contributed by atoms with Crippen molar-refractivity contribution in [2.24, 2.45) is 0 Å². The van der Waals surface area contributed by atoms with E-state index < -0.39 is 0 Å². The summed E-state index contributed by atoms with van der Waals surface area (Å²) in [5.41, 5.74) is 2.38. The topological polar surface area (TPSA) is 74.4 Å². The lowest BCUT2D eigenvalue weighted by atomic mass is 9.89. The average Bonchev–Trinajstić information content (AvgIpc) is 3.37. The van der Waals surface area contributed by atoms with Crippen molar-refractivity contribution < 1.29 is 14.3 Å². The summed E-state index contributed by atoms with van der Waals surface area (Å²) >= 11 is 4.70. The van der Waals surface area contributed by atoms with E-state index >= 15 is 0 Å². The Labute approximate surface area is 181 Å². The molecular weight excluding hydrogens is 454 g/mol. The number of methoxy groups -OCH3 is 1. The quantitative estimate of drug-likeness (QED) is 0.582. The Morgan fingerprint density at radius 3 is 2.76 bits per heavy atom. The van der Waals surface area contributed by atoms with Crippen molar-refractivity contribution in [2.45, 2.75) is 18.8 Å². The van der Waals surface area contributed by atoms with E-state index in [9.17, 15) is 9.59 Å². The summed E-state index contributed by atoms with van der Waals surface area (Å²) in [5.74, 6) is 1.00. The first kappa shape index (κ1) is 20.0. The van der Waals surface area contributed by atoms with Crippen molar-refractivity contribution in [2.75, 3.05) is 26.7 Å². The molecule has 1 aliphatic heterocycles. The zero-order valence-electron chi connectivity index (χ0n) is 16.0. The van der Waals surface area contributed by atoms with Crippen LogP contribution in [-0.4, -0.2) is 48.4 Å². The minimum absolute atomic E-state index is 0.0311. The van der Waals surface area contributed by atoms with Crippen LogP contribution in [0.1, 0.15) is 34.0 Å². The fourth-order valence-electron chi connectivity index (χ4n) is 3.82. The summed E-state index contributed by atoms with van der Waals surface area (Å²) in [6.07, 6.45) is 3.88.